The fraction of sp³-hybridized carbons (Fsp3) is 0.684. The quantitative estimate of drug-likeness (QED) is 0.776. The zero-order chi connectivity index (χ0) is 20.4. The second kappa shape index (κ2) is 7.89. The molecule has 9 heteroatoms. The molecule has 0 bridgehead atoms. The number of piperazine rings is 1. The highest BCUT2D eigenvalue weighted by molar-refractivity contribution is 5.70. The standard InChI is InChI=1S/C19H28N6O3/c1-18(2,3)28-17(26)25-10-9-24(12-19(25,27)6-7-20)16-14-5-4-8-21-11-15(14)22-13-23-16/h13,21,27H,4-6,8-12H2,1-3H3/t19-/m0/s1. The van der Waals surface area contributed by atoms with Crippen LogP contribution < -0.4 is 10.2 Å². The summed E-state index contributed by atoms with van der Waals surface area (Å²) >= 11 is 0. The summed E-state index contributed by atoms with van der Waals surface area (Å²) in [4.78, 5) is 24.7. The van der Waals surface area contributed by atoms with E-state index in [1.807, 2.05) is 11.0 Å². The highest BCUT2D eigenvalue weighted by Gasteiger charge is 2.45. The van der Waals surface area contributed by atoms with Crippen LogP contribution in [-0.4, -0.2) is 63.6 Å². The molecule has 3 heterocycles. The molecular weight excluding hydrogens is 360 g/mol. The van der Waals surface area contributed by atoms with E-state index in [1.165, 1.54) is 11.2 Å². The van der Waals surface area contributed by atoms with E-state index < -0.39 is 17.4 Å². The first-order valence-corrected chi connectivity index (χ1v) is 9.62. The lowest BCUT2D eigenvalue weighted by Gasteiger charge is -2.47. The van der Waals surface area contributed by atoms with Crippen molar-refractivity contribution in [3.8, 4) is 6.07 Å². The zero-order valence-electron chi connectivity index (χ0n) is 16.7. The van der Waals surface area contributed by atoms with Crippen molar-refractivity contribution >= 4 is 11.9 Å². The minimum atomic E-state index is -1.64. The molecule has 1 amide bonds. The van der Waals surface area contributed by atoms with Crippen LogP contribution in [0.1, 0.15) is 44.9 Å². The van der Waals surface area contributed by atoms with Crippen LogP contribution in [0.25, 0.3) is 0 Å². The minimum absolute atomic E-state index is 0.0939. The number of fused-ring (bicyclic) bond motifs is 1. The normalized spacial score (nSPS) is 22.8. The Morgan fingerprint density at radius 3 is 2.93 bits per heavy atom. The van der Waals surface area contributed by atoms with Gasteiger partial charge in [-0.05, 0) is 40.2 Å². The molecule has 1 fully saturated rings. The number of hydrogen-bond acceptors (Lipinski definition) is 8. The number of nitrogens with one attached hydrogen (secondary N) is 1. The molecule has 0 radical (unpaired) electrons. The molecule has 2 aliphatic heterocycles. The van der Waals surface area contributed by atoms with Crippen molar-refractivity contribution in [3.63, 3.8) is 0 Å². The van der Waals surface area contributed by atoms with Crippen molar-refractivity contribution in [1.29, 1.82) is 5.26 Å². The summed E-state index contributed by atoms with van der Waals surface area (Å²) in [6.45, 7) is 7.74. The largest absolute Gasteiger partial charge is 0.444 e. The molecule has 2 aliphatic rings. The molecule has 3 rings (SSSR count). The molecule has 0 aliphatic carbocycles. The molecule has 1 aromatic rings. The summed E-state index contributed by atoms with van der Waals surface area (Å²) in [5.41, 5.74) is -0.298. The number of aromatic nitrogens is 2. The van der Waals surface area contributed by atoms with Gasteiger partial charge in [-0.15, -0.1) is 0 Å². The number of nitriles is 1. The lowest BCUT2D eigenvalue weighted by atomic mass is 10.0. The fourth-order valence-electron chi connectivity index (χ4n) is 3.65. The van der Waals surface area contributed by atoms with Gasteiger partial charge < -0.3 is 20.1 Å². The number of hydrogen-bond donors (Lipinski definition) is 2. The number of amides is 1. The Labute approximate surface area is 165 Å². The highest BCUT2D eigenvalue weighted by Crippen LogP contribution is 2.30. The number of nitrogens with zero attached hydrogens (tertiary/aromatic N) is 5. The first-order valence-electron chi connectivity index (χ1n) is 9.62. The average molecular weight is 388 g/mol. The zero-order valence-corrected chi connectivity index (χ0v) is 16.7. The van der Waals surface area contributed by atoms with Crippen molar-refractivity contribution in [2.24, 2.45) is 0 Å². The van der Waals surface area contributed by atoms with Crippen molar-refractivity contribution < 1.29 is 14.6 Å². The van der Waals surface area contributed by atoms with E-state index >= 15 is 0 Å². The monoisotopic (exact) mass is 388 g/mol. The molecule has 0 aromatic carbocycles. The fourth-order valence-corrected chi connectivity index (χ4v) is 3.65. The average Bonchev–Trinajstić information content (AvgIpc) is 2.85. The van der Waals surface area contributed by atoms with Gasteiger partial charge in [0.25, 0.3) is 0 Å². The van der Waals surface area contributed by atoms with Crippen molar-refractivity contribution in [3.05, 3.63) is 17.6 Å². The summed E-state index contributed by atoms with van der Waals surface area (Å²) in [6, 6.07) is 2.00. The smallest absolute Gasteiger partial charge is 0.412 e. The van der Waals surface area contributed by atoms with Gasteiger partial charge in [-0.3, -0.25) is 4.90 Å². The number of rotatable bonds is 2. The Balaban J connectivity index is 1.86. The molecule has 1 atom stereocenters. The summed E-state index contributed by atoms with van der Waals surface area (Å²) in [5, 5.41) is 23.8. The van der Waals surface area contributed by atoms with Gasteiger partial charge in [0, 0.05) is 25.2 Å². The third kappa shape index (κ3) is 4.34. The number of carbonyl (C=O) groups is 1. The van der Waals surface area contributed by atoms with Crippen LogP contribution in [0.4, 0.5) is 10.6 Å². The minimum Gasteiger partial charge on any atom is -0.444 e. The molecule has 0 unspecified atom stereocenters. The molecule has 152 valence electrons. The van der Waals surface area contributed by atoms with Crippen LogP contribution in [0, 0.1) is 11.3 Å². The third-order valence-corrected chi connectivity index (χ3v) is 4.90. The molecule has 9 nitrogen and oxygen atoms in total. The van der Waals surface area contributed by atoms with Gasteiger partial charge >= 0.3 is 6.09 Å². The van der Waals surface area contributed by atoms with Crippen LogP contribution in [0.15, 0.2) is 6.33 Å². The van der Waals surface area contributed by atoms with E-state index in [0.29, 0.717) is 13.1 Å². The van der Waals surface area contributed by atoms with E-state index in [-0.39, 0.29) is 19.5 Å². The third-order valence-electron chi connectivity index (χ3n) is 4.90. The molecular formula is C19H28N6O3. The molecule has 1 aromatic heterocycles. The van der Waals surface area contributed by atoms with Gasteiger partial charge in [-0.25, -0.2) is 14.8 Å². The maximum absolute atomic E-state index is 12.6. The second-order valence-electron chi connectivity index (χ2n) is 8.27. The van der Waals surface area contributed by atoms with E-state index in [9.17, 15) is 15.2 Å². The van der Waals surface area contributed by atoms with Gasteiger partial charge in [0.2, 0.25) is 0 Å². The SMILES string of the molecule is CC(C)(C)OC(=O)N1CCN(c2ncnc3c2CCCNC3)C[C@@]1(O)CC#N. The summed E-state index contributed by atoms with van der Waals surface area (Å²) < 4.78 is 5.43. The maximum atomic E-state index is 12.6. The van der Waals surface area contributed by atoms with Gasteiger partial charge in [0.05, 0.1) is 24.7 Å². The van der Waals surface area contributed by atoms with Crippen molar-refractivity contribution in [2.75, 3.05) is 31.1 Å². The Bertz CT molecular complexity index is 772. The van der Waals surface area contributed by atoms with Crippen molar-refractivity contribution in [2.45, 2.75) is 57.9 Å². The summed E-state index contributed by atoms with van der Waals surface area (Å²) in [6.07, 6.45) is 2.54. The van der Waals surface area contributed by atoms with E-state index in [0.717, 1.165) is 36.5 Å². The first kappa shape index (κ1) is 20.3. The van der Waals surface area contributed by atoms with E-state index in [2.05, 4.69) is 15.3 Å². The molecule has 1 saturated heterocycles. The van der Waals surface area contributed by atoms with Gasteiger partial charge in [-0.1, -0.05) is 0 Å². The summed E-state index contributed by atoms with van der Waals surface area (Å²) in [5.74, 6) is 0.772. The van der Waals surface area contributed by atoms with Crippen LogP contribution >= 0.6 is 0 Å². The van der Waals surface area contributed by atoms with Crippen LogP contribution in [0.5, 0.6) is 0 Å². The second-order valence-corrected chi connectivity index (χ2v) is 8.27. The topological polar surface area (TPSA) is 115 Å². The first-order chi connectivity index (χ1) is 13.2. The maximum Gasteiger partial charge on any atom is 0.412 e. The number of anilines is 1. The predicted octanol–water partition coefficient (Wildman–Crippen LogP) is 1.17. The van der Waals surface area contributed by atoms with Gasteiger partial charge in [0.1, 0.15) is 17.7 Å². The van der Waals surface area contributed by atoms with E-state index in [1.54, 1.807) is 20.8 Å². The Hall–Kier alpha value is -2.44. The van der Waals surface area contributed by atoms with E-state index in [4.69, 9.17) is 4.74 Å². The van der Waals surface area contributed by atoms with Crippen LogP contribution in [0.2, 0.25) is 0 Å². The highest BCUT2D eigenvalue weighted by atomic mass is 16.6. The number of ether oxygens (including phenoxy) is 1. The molecule has 0 saturated carbocycles. The molecule has 0 spiro atoms. The van der Waals surface area contributed by atoms with Gasteiger partial charge in [-0.2, -0.15) is 5.26 Å². The Kier molecular flexibility index (Phi) is 5.72. The van der Waals surface area contributed by atoms with Crippen molar-refractivity contribution in [1.82, 2.24) is 20.2 Å². The van der Waals surface area contributed by atoms with Crippen LogP contribution in [-0.2, 0) is 17.7 Å². The number of carbonyl (C=O) groups excluding carboxylic acids is 1. The number of β-amino-alcohol motifs (C(OH)–C–C–N with tert-alkyl or cyclic N) is 1. The van der Waals surface area contributed by atoms with Crippen LogP contribution in [0.3, 0.4) is 0 Å². The molecule has 28 heavy (non-hydrogen) atoms. The summed E-state index contributed by atoms with van der Waals surface area (Å²) in [7, 11) is 0. The van der Waals surface area contributed by atoms with Gasteiger partial charge in [0.15, 0.2) is 5.72 Å². The lowest BCUT2D eigenvalue weighted by molar-refractivity contribution is -0.107. The Morgan fingerprint density at radius 1 is 1.43 bits per heavy atom. The Morgan fingerprint density at radius 2 is 2.21 bits per heavy atom. The predicted molar refractivity (Wildman–Crippen MR) is 102 cm³/mol. The molecule has 2 N–H and O–H groups in total. The lowest BCUT2D eigenvalue weighted by Crippen LogP contribution is -2.65. The number of aliphatic hydroxyl groups is 1.